The highest BCUT2D eigenvalue weighted by Crippen LogP contribution is 2.50. The molecule has 2 saturated carbocycles. The van der Waals surface area contributed by atoms with Crippen LogP contribution in [0.3, 0.4) is 0 Å². The summed E-state index contributed by atoms with van der Waals surface area (Å²) in [7, 11) is 0. The molecule has 7 nitrogen and oxygen atoms in total. The molecule has 1 spiro atoms. The van der Waals surface area contributed by atoms with Crippen LogP contribution in [0.25, 0.3) is 0 Å². The lowest BCUT2D eigenvalue weighted by atomic mass is 9.74. The summed E-state index contributed by atoms with van der Waals surface area (Å²) >= 11 is 6.12. The first kappa shape index (κ1) is 22.3. The number of aromatic nitrogens is 3. The third-order valence-electron chi connectivity index (χ3n) is 8.00. The normalized spacial score (nSPS) is 22.5. The number of nitrogens with one attached hydrogen (secondary N) is 2. The zero-order valence-electron chi connectivity index (χ0n) is 19.6. The van der Waals surface area contributed by atoms with Crippen LogP contribution in [0.4, 0.5) is 0 Å². The van der Waals surface area contributed by atoms with Crippen LogP contribution in [0.2, 0.25) is 5.02 Å². The number of halogens is 1. The summed E-state index contributed by atoms with van der Waals surface area (Å²) in [4.78, 5) is 12.8. The Morgan fingerprint density at radius 3 is 2.89 bits per heavy atom. The number of carbonyl (C=O) groups is 1. The van der Waals surface area contributed by atoms with Crippen LogP contribution in [-0.2, 0) is 12.0 Å². The molecule has 2 aromatic carbocycles. The van der Waals surface area contributed by atoms with Crippen LogP contribution in [-0.4, -0.2) is 33.5 Å². The number of amides is 1. The molecule has 1 amide bonds. The summed E-state index contributed by atoms with van der Waals surface area (Å²) in [5.41, 5.74) is 6.30. The maximum atomic E-state index is 12.8. The zero-order chi connectivity index (χ0) is 24.2. The lowest BCUT2D eigenvalue weighted by Crippen LogP contribution is -2.43. The predicted molar refractivity (Wildman–Crippen MR) is 132 cm³/mol. The average molecular weight is 487 g/mol. The first-order chi connectivity index (χ1) is 17.0. The second kappa shape index (κ2) is 8.47. The molecule has 178 valence electrons. The molecule has 0 radical (unpaired) electrons. The summed E-state index contributed by atoms with van der Waals surface area (Å²) in [5.74, 6) is 0.00134. The number of hydrogen-bond acceptors (Lipinski definition) is 5. The average Bonchev–Trinajstić information content (AvgIpc) is 3.42. The van der Waals surface area contributed by atoms with E-state index in [9.17, 15) is 10.1 Å². The van der Waals surface area contributed by atoms with Crippen molar-refractivity contribution in [1.82, 2.24) is 25.6 Å². The van der Waals surface area contributed by atoms with Gasteiger partial charge in [-0.2, -0.15) is 5.26 Å². The lowest BCUT2D eigenvalue weighted by Gasteiger charge is -2.36. The van der Waals surface area contributed by atoms with Gasteiger partial charge >= 0.3 is 0 Å². The Kier molecular flexibility index (Phi) is 5.39. The predicted octanol–water partition coefficient (Wildman–Crippen LogP) is 4.22. The monoisotopic (exact) mass is 486 g/mol. The van der Waals surface area contributed by atoms with Gasteiger partial charge in [0.05, 0.1) is 23.9 Å². The number of hydrogen-bond donors (Lipinski definition) is 2. The summed E-state index contributed by atoms with van der Waals surface area (Å²) in [6, 6.07) is 14.3. The molecule has 0 saturated heterocycles. The molecule has 6 rings (SSSR count). The Morgan fingerprint density at radius 1 is 1.29 bits per heavy atom. The van der Waals surface area contributed by atoms with Gasteiger partial charge in [-0.3, -0.25) is 4.79 Å². The Bertz CT molecular complexity index is 1350. The molecule has 35 heavy (non-hydrogen) atoms. The quantitative estimate of drug-likeness (QED) is 0.562. The molecule has 2 fully saturated rings. The van der Waals surface area contributed by atoms with Crippen molar-refractivity contribution < 1.29 is 4.79 Å². The van der Waals surface area contributed by atoms with Gasteiger partial charge in [-0.05, 0) is 79.0 Å². The van der Waals surface area contributed by atoms with Crippen molar-refractivity contribution in [2.45, 2.75) is 62.6 Å². The molecule has 1 aliphatic heterocycles. The SMILES string of the molecule is C[C@@H](c1ccc2c(c1)CNCC21CC1)n1cc(C(=O)N[C@H]2C[C@@H](c3cc(Cl)ccc3C#N)C2)nn1. The third-order valence-corrected chi connectivity index (χ3v) is 8.24. The highest BCUT2D eigenvalue weighted by atomic mass is 35.5. The van der Waals surface area contributed by atoms with Crippen molar-refractivity contribution >= 4 is 17.5 Å². The molecule has 8 heteroatoms. The van der Waals surface area contributed by atoms with E-state index in [1.165, 1.54) is 24.0 Å². The van der Waals surface area contributed by atoms with Gasteiger partial charge in [0.1, 0.15) is 0 Å². The summed E-state index contributed by atoms with van der Waals surface area (Å²) in [6.07, 6.45) is 5.81. The van der Waals surface area contributed by atoms with Crippen molar-refractivity contribution in [3.8, 4) is 6.07 Å². The molecular formula is C27H27ClN6O. The van der Waals surface area contributed by atoms with E-state index in [-0.39, 0.29) is 23.9 Å². The molecule has 1 aromatic heterocycles. The minimum atomic E-state index is -0.219. The topological polar surface area (TPSA) is 95.6 Å². The Balaban J connectivity index is 1.10. The van der Waals surface area contributed by atoms with E-state index in [2.05, 4.69) is 52.1 Å². The van der Waals surface area contributed by atoms with E-state index in [0.717, 1.165) is 37.1 Å². The molecule has 2 aliphatic carbocycles. The van der Waals surface area contributed by atoms with Gasteiger partial charge in [0.25, 0.3) is 5.91 Å². The third kappa shape index (κ3) is 4.01. The zero-order valence-corrected chi connectivity index (χ0v) is 20.3. The van der Waals surface area contributed by atoms with E-state index >= 15 is 0 Å². The second-order valence-electron chi connectivity index (χ2n) is 10.2. The van der Waals surface area contributed by atoms with E-state index < -0.39 is 0 Å². The van der Waals surface area contributed by atoms with Crippen LogP contribution in [0, 0.1) is 11.3 Å². The second-order valence-corrected chi connectivity index (χ2v) is 10.7. The smallest absolute Gasteiger partial charge is 0.273 e. The van der Waals surface area contributed by atoms with E-state index in [0.29, 0.717) is 21.7 Å². The van der Waals surface area contributed by atoms with Gasteiger partial charge < -0.3 is 10.6 Å². The number of rotatable bonds is 5. The molecular weight excluding hydrogens is 460 g/mol. The number of nitrogens with zero attached hydrogens (tertiary/aromatic N) is 4. The molecule has 2 heterocycles. The molecule has 2 N–H and O–H groups in total. The fourth-order valence-corrected chi connectivity index (χ4v) is 5.79. The number of carbonyl (C=O) groups excluding carboxylic acids is 1. The van der Waals surface area contributed by atoms with E-state index in [4.69, 9.17) is 11.6 Å². The summed E-state index contributed by atoms with van der Waals surface area (Å²) < 4.78 is 1.76. The molecule has 3 aliphatic rings. The van der Waals surface area contributed by atoms with Gasteiger partial charge in [-0.1, -0.05) is 35.0 Å². The fourth-order valence-electron chi connectivity index (χ4n) is 5.61. The maximum absolute atomic E-state index is 12.8. The van der Waals surface area contributed by atoms with Crippen molar-refractivity contribution in [3.63, 3.8) is 0 Å². The minimum Gasteiger partial charge on any atom is -0.348 e. The van der Waals surface area contributed by atoms with E-state index in [1.807, 2.05) is 6.07 Å². The van der Waals surface area contributed by atoms with Crippen LogP contribution in [0.5, 0.6) is 0 Å². The fraction of sp³-hybridized carbons (Fsp3) is 0.407. The van der Waals surface area contributed by atoms with Gasteiger partial charge in [0.2, 0.25) is 0 Å². The number of nitriles is 1. The van der Waals surface area contributed by atoms with Crippen LogP contribution >= 0.6 is 11.6 Å². The Morgan fingerprint density at radius 2 is 2.11 bits per heavy atom. The molecule has 3 aromatic rings. The number of benzene rings is 2. The van der Waals surface area contributed by atoms with Crippen molar-refractivity contribution in [1.29, 1.82) is 5.26 Å². The first-order valence-corrected chi connectivity index (χ1v) is 12.6. The summed E-state index contributed by atoms with van der Waals surface area (Å²) in [5, 5.41) is 25.0. The standard InChI is InChI=1S/C27H27ClN6O/c1-16(17-3-5-24-20(8-17)13-30-15-27(24)6-7-27)34-14-25(32-33-34)26(35)31-22-9-19(10-22)23-11-21(28)4-2-18(23)12-29/h2-5,8,11,14,16,19,22,30H,6-7,9-10,13,15H2,1H3,(H,31,35)/t16-,19-,22+/m0/s1. The van der Waals surface area contributed by atoms with Crippen molar-refractivity contribution in [3.05, 3.63) is 81.1 Å². The number of fused-ring (bicyclic) bond motifs is 2. The van der Waals surface area contributed by atoms with Crippen molar-refractivity contribution in [2.75, 3.05) is 6.54 Å². The van der Waals surface area contributed by atoms with Gasteiger partial charge in [-0.25, -0.2) is 4.68 Å². The Hall–Kier alpha value is -3.21. The van der Waals surface area contributed by atoms with E-state index in [1.54, 1.807) is 23.0 Å². The highest BCUT2D eigenvalue weighted by Gasteiger charge is 2.46. The molecule has 0 bridgehead atoms. The highest BCUT2D eigenvalue weighted by molar-refractivity contribution is 6.30. The maximum Gasteiger partial charge on any atom is 0.273 e. The largest absolute Gasteiger partial charge is 0.348 e. The molecule has 1 atom stereocenters. The van der Waals surface area contributed by atoms with Crippen molar-refractivity contribution in [2.24, 2.45) is 0 Å². The van der Waals surface area contributed by atoms with Crippen LogP contribution in [0.15, 0.2) is 42.6 Å². The van der Waals surface area contributed by atoms with Gasteiger partial charge in [-0.15, -0.1) is 5.10 Å². The van der Waals surface area contributed by atoms with Crippen LogP contribution in [0.1, 0.15) is 82.9 Å². The Labute approximate surface area is 209 Å². The van der Waals surface area contributed by atoms with Gasteiger partial charge in [0.15, 0.2) is 5.69 Å². The minimum absolute atomic E-state index is 0.0215. The lowest BCUT2D eigenvalue weighted by molar-refractivity contribution is 0.0903. The van der Waals surface area contributed by atoms with Crippen LogP contribution < -0.4 is 10.6 Å². The first-order valence-electron chi connectivity index (χ1n) is 12.2. The van der Waals surface area contributed by atoms with Gasteiger partial charge in [0, 0.05) is 29.6 Å². The summed E-state index contributed by atoms with van der Waals surface area (Å²) in [6.45, 7) is 4.06. The molecule has 0 unspecified atom stereocenters.